The number of carboxylic acid groups (broad SMARTS) is 1. The van der Waals surface area contributed by atoms with Gasteiger partial charge >= 0.3 is 0 Å². The van der Waals surface area contributed by atoms with Crippen molar-refractivity contribution in [3.05, 3.63) is 0 Å². The fourth-order valence-electron chi connectivity index (χ4n) is 1.78. The summed E-state index contributed by atoms with van der Waals surface area (Å²) in [6.45, 7) is 5.48. The van der Waals surface area contributed by atoms with Crippen molar-refractivity contribution in [2.75, 3.05) is 68.5 Å². The van der Waals surface area contributed by atoms with Gasteiger partial charge in [0.25, 0.3) is 0 Å². The molecule has 1 saturated heterocycles. The highest BCUT2D eigenvalue weighted by atomic mass is 33.1. The van der Waals surface area contributed by atoms with Crippen molar-refractivity contribution >= 4 is 27.6 Å². The van der Waals surface area contributed by atoms with Crippen molar-refractivity contribution in [3.8, 4) is 0 Å². The largest absolute Gasteiger partial charge is 0.550 e. The third-order valence-electron chi connectivity index (χ3n) is 3.12. The van der Waals surface area contributed by atoms with Gasteiger partial charge in [-0.2, -0.15) is 0 Å². The van der Waals surface area contributed by atoms with Gasteiger partial charge in [0.15, 0.2) is 0 Å². The van der Waals surface area contributed by atoms with E-state index in [1.807, 2.05) is 21.6 Å². The minimum absolute atomic E-state index is 0.538. The van der Waals surface area contributed by atoms with Gasteiger partial charge in [0.05, 0.1) is 0 Å². The lowest BCUT2D eigenvalue weighted by atomic mass is 10.4. The van der Waals surface area contributed by atoms with Gasteiger partial charge in [-0.25, -0.2) is 4.90 Å². The second-order valence-electron chi connectivity index (χ2n) is 6.26. The first-order valence-electron chi connectivity index (χ1n) is 7.68. The fraction of sp³-hybridized carbons (Fsp3) is 0.929. The molecule has 0 aliphatic carbocycles. The predicted molar refractivity (Wildman–Crippen MR) is 97.7 cm³/mol. The molecule has 1 aliphatic rings. The van der Waals surface area contributed by atoms with Crippen LogP contribution in [0.4, 0.5) is 0 Å². The number of hydrogen-bond acceptors (Lipinski definition) is 8. The van der Waals surface area contributed by atoms with Crippen molar-refractivity contribution in [1.29, 1.82) is 0 Å². The summed E-state index contributed by atoms with van der Waals surface area (Å²) in [6, 6.07) is 0. The molecule has 138 valence electrons. The van der Waals surface area contributed by atoms with Gasteiger partial charge < -0.3 is 19.7 Å². The minimum Gasteiger partial charge on any atom is -0.550 e. The fourth-order valence-corrected chi connectivity index (χ4v) is 4.99. The molecule has 9 heteroatoms. The quantitative estimate of drug-likeness (QED) is 0.507. The highest BCUT2D eigenvalue weighted by Crippen LogP contribution is 2.33. The van der Waals surface area contributed by atoms with Crippen LogP contribution < -0.4 is 10.4 Å². The molecule has 1 fully saturated rings. The van der Waals surface area contributed by atoms with Crippen molar-refractivity contribution in [3.63, 3.8) is 0 Å². The Morgan fingerprint density at radius 3 is 1.61 bits per heavy atom. The number of carbonyl (C=O) groups excluding carboxylic acids is 1. The van der Waals surface area contributed by atoms with Gasteiger partial charge in [-0.3, -0.25) is 10.2 Å². The first kappa shape index (κ1) is 23.0. The van der Waals surface area contributed by atoms with Crippen LogP contribution in [0.1, 0.15) is 6.92 Å². The maximum absolute atomic E-state index is 8.89. The molecule has 0 aromatic heterocycles. The lowest BCUT2D eigenvalue weighted by Crippen LogP contribution is -2.95. The summed E-state index contributed by atoms with van der Waals surface area (Å²) in [6.07, 6.45) is 0. The second kappa shape index (κ2) is 12.3. The topological polar surface area (TPSA) is 69.7 Å². The Morgan fingerprint density at radius 2 is 1.30 bits per heavy atom. The molecule has 2 unspecified atom stereocenters. The van der Waals surface area contributed by atoms with Crippen LogP contribution in [0.15, 0.2) is 0 Å². The van der Waals surface area contributed by atoms with E-state index >= 15 is 0 Å². The number of hydrogen-bond donors (Lipinski definition) is 1. The second-order valence-corrected chi connectivity index (χ2v) is 8.77. The number of nitrogens with zero attached hydrogens (tertiary/aromatic N) is 4. The molecule has 0 amide bonds. The standard InChI is InChI=1S/C12H29N5S2.C2H4O2/c1-14(2)7-9-17(10-8-15(3)4)12-13-11(16(5)6)18-19-12;1-2(3)4/h11-13H,7-10H2,1-6H3;1H3,(H,3,4). The summed E-state index contributed by atoms with van der Waals surface area (Å²) in [5.74, 6) is -1.08. The Kier molecular flexibility index (Phi) is 12.3. The van der Waals surface area contributed by atoms with Gasteiger partial charge in [0, 0.05) is 32.1 Å². The van der Waals surface area contributed by atoms with E-state index in [0.717, 1.165) is 33.1 Å². The average Bonchev–Trinajstić information content (AvgIpc) is 2.87. The third kappa shape index (κ3) is 12.0. The van der Waals surface area contributed by atoms with E-state index in [0.29, 0.717) is 11.0 Å². The molecule has 0 aromatic rings. The van der Waals surface area contributed by atoms with Crippen LogP contribution in [-0.4, -0.2) is 105 Å². The summed E-state index contributed by atoms with van der Waals surface area (Å²) in [7, 11) is 16.9. The Labute approximate surface area is 149 Å². The maximum Gasteiger partial charge on any atom is 0.202 e. The third-order valence-corrected chi connectivity index (χ3v) is 6.18. The van der Waals surface area contributed by atoms with Crippen molar-refractivity contribution in [1.82, 2.24) is 19.6 Å². The highest BCUT2D eigenvalue weighted by Gasteiger charge is 2.35. The maximum atomic E-state index is 8.89. The van der Waals surface area contributed by atoms with Gasteiger partial charge in [0.2, 0.25) is 11.0 Å². The van der Waals surface area contributed by atoms with Crippen LogP contribution in [-0.2, 0) is 4.79 Å². The van der Waals surface area contributed by atoms with E-state index in [2.05, 4.69) is 67.2 Å². The lowest BCUT2D eigenvalue weighted by molar-refractivity contribution is -0.709. The smallest absolute Gasteiger partial charge is 0.202 e. The zero-order chi connectivity index (χ0) is 18.0. The van der Waals surface area contributed by atoms with E-state index in [4.69, 9.17) is 9.90 Å². The molecule has 23 heavy (non-hydrogen) atoms. The van der Waals surface area contributed by atoms with Crippen molar-refractivity contribution in [2.45, 2.75) is 17.9 Å². The molecule has 0 bridgehead atoms. The monoisotopic (exact) mass is 367 g/mol. The highest BCUT2D eigenvalue weighted by molar-refractivity contribution is 8.77. The molecule has 2 N–H and O–H groups in total. The summed E-state index contributed by atoms with van der Waals surface area (Å²) in [4.78, 5) is 18.3. The van der Waals surface area contributed by atoms with Gasteiger partial charge in [-0.1, -0.05) is 0 Å². The molecule has 2 atom stereocenters. The number of carbonyl (C=O) groups is 1. The Morgan fingerprint density at radius 1 is 0.913 bits per heavy atom. The van der Waals surface area contributed by atoms with Crippen LogP contribution in [0.5, 0.6) is 0 Å². The van der Waals surface area contributed by atoms with Crippen LogP contribution in [0.3, 0.4) is 0 Å². The zero-order valence-electron chi connectivity index (χ0n) is 15.5. The lowest BCUT2D eigenvalue weighted by Gasteiger charge is -2.28. The van der Waals surface area contributed by atoms with Crippen LogP contribution in [0, 0.1) is 0 Å². The Balaban J connectivity index is 0.00000108. The zero-order valence-corrected chi connectivity index (χ0v) is 17.1. The van der Waals surface area contributed by atoms with Crippen molar-refractivity contribution < 1.29 is 15.2 Å². The number of nitrogens with two attached hydrogens (primary N) is 1. The van der Waals surface area contributed by atoms with Crippen LogP contribution >= 0.6 is 21.6 Å². The molecule has 0 aromatic carbocycles. The van der Waals surface area contributed by atoms with Gasteiger partial charge in [-0.05, 0) is 70.8 Å². The van der Waals surface area contributed by atoms with E-state index in [-0.39, 0.29) is 0 Å². The van der Waals surface area contributed by atoms with E-state index in [1.165, 1.54) is 0 Å². The van der Waals surface area contributed by atoms with E-state index in [1.54, 1.807) is 0 Å². The number of likely N-dealkylation sites (N-methyl/N-ethyl adjacent to an activating group) is 2. The molecular weight excluding hydrogens is 334 g/mol. The number of aliphatic carboxylic acids is 1. The van der Waals surface area contributed by atoms with Gasteiger partial charge in [-0.15, -0.1) is 0 Å². The van der Waals surface area contributed by atoms with Gasteiger partial charge in [0.1, 0.15) is 0 Å². The summed E-state index contributed by atoms with van der Waals surface area (Å²) in [5.41, 5.74) is 1.08. The Bertz CT molecular complexity index is 316. The molecule has 0 radical (unpaired) electrons. The first-order chi connectivity index (χ1) is 10.6. The molecule has 1 rings (SSSR count). The van der Waals surface area contributed by atoms with Crippen LogP contribution in [0.25, 0.3) is 0 Å². The predicted octanol–water partition coefficient (Wildman–Crippen LogP) is -1.74. The molecule has 7 nitrogen and oxygen atoms in total. The SMILES string of the molecule is CC(=O)[O-].CN(C)CCN(CCN(C)C)C1[NH2+]C(N(C)C)SS1. The number of quaternary nitrogens is 1. The number of rotatable bonds is 8. The summed E-state index contributed by atoms with van der Waals surface area (Å²) >= 11 is 0. The summed E-state index contributed by atoms with van der Waals surface area (Å²) < 4.78 is 0. The van der Waals surface area contributed by atoms with E-state index < -0.39 is 5.97 Å². The van der Waals surface area contributed by atoms with Crippen molar-refractivity contribution in [2.24, 2.45) is 0 Å². The minimum atomic E-state index is -1.08. The summed E-state index contributed by atoms with van der Waals surface area (Å²) in [5, 5.41) is 11.4. The molecule has 0 spiro atoms. The molecule has 0 saturated carbocycles. The molecule has 1 aliphatic heterocycles. The Hall–Kier alpha value is -0.0300. The first-order valence-corrected chi connectivity index (χ1v) is 9.95. The van der Waals surface area contributed by atoms with Crippen LogP contribution in [0.2, 0.25) is 0 Å². The molecule has 1 heterocycles. The average molecular weight is 368 g/mol. The molecular formula is C14H33N5O2S2. The van der Waals surface area contributed by atoms with E-state index in [9.17, 15) is 0 Å². The normalized spacial score (nSPS) is 21.2. The number of carboxylic acids is 1.